The number of hydrogen-bond donors (Lipinski definition) is 4. The van der Waals surface area contributed by atoms with Crippen LogP contribution in [0.1, 0.15) is 31.4 Å². The first-order valence-corrected chi connectivity index (χ1v) is 10.9. The molecule has 0 bridgehead atoms. The van der Waals surface area contributed by atoms with Crippen molar-refractivity contribution in [3.8, 4) is 11.5 Å². The smallest absolute Gasteiger partial charge is 0.326 e. The minimum atomic E-state index is -1.05. The van der Waals surface area contributed by atoms with Gasteiger partial charge in [-0.3, -0.25) is 4.79 Å². The monoisotopic (exact) mass is 485 g/mol. The summed E-state index contributed by atoms with van der Waals surface area (Å²) in [6.45, 7) is 3.52. The van der Waals surface area contributed by atoms with Gasteiger partial charge in [-0.25, -0.2) is 4.79 Å². The number of nitrogens with zero attached hydrogens (tertiary/aromatic N) is 1. The average Bonchev–Trinajstić information content (AvgIpc) is 2.87. The molecule has 150 valence electrons. The molecule has 9 heteroatoms. The van der Waals surface area contributed by atoms with Gasteiger partial charge in [-0.2, -0.15) is 0 Å². The number of carboxylic acid groups (broad SMARTS) is 1. The van der Waals surface area contributed by atoms with Gasteiger partial charge in [0.1, 0.15) is 10.7 Å². The van der Waals surface area contributed by atoms with Crippen molar-refractivity contribution in [2.24, 2.45) is 5.92 Å². The van der Waals surface area contributed by atoms with Gasteiger partial charge in [0.25, 0.3) is 5.91 Å². The quantitative estimate of drug-likeness (QED) is 0.293. The van der Waals surface area contributed by atoms with Crippen molar-refractivity contribution in [3.63, 3.8) is 0 Å². The zero-order valence-corrected chi connectivity index (χ0v) is 18.5. The maximum Gasteiger partial charge on any atom is 0.326 e. The van der Waals surface area contributed by atoms with Gasteiger partial charge in [0, 0.05) is 4.48 Å². The van der Waals surface area contributed by atoms with E-state index in [1.165, 1.54) is 28.8 Å². The molecule has 1 aromatic rings. The van der Waals surface area contributed by atoms with E-state index in [2.05, 4.69) is 28.6 Å². The number of aromatic hydroxyl groups is 2. The minimum absolute atomic E-state index is 0.163. The molecule has 1 fully saturated rings. The van der Waals surface area contributed by atoms with E-state index in [9.17, 15) is 24.9 Å². The number of thiol groups is 1. The lowest BCUT2D eigenvalue weighted by Gasteiger charge is -2.29. The Morgan fingerprint density at radius 3 is 2.57 bits per heavy atom. The summed E-state index contributed by atoms with van der Waals surface area (Å²) in [5.41, 5.74) is 2.52. The second-order valence-electron chi connectivity index (χ2n) is 7.03. The number of fused-ring (bicyclic) bond motifs is 1. The largest absolute Gasteiger partial charge is 0.504 e. The van der Waals surface area contributed by atoms with Crippen molar-refractivity contribution in [3.05, 3.63) is 39.8 Å². The van der Waals surface area contributed by atoms with Gasteiger partial charge in [-0.1, -0.05) is 25.6 Å². The van der Waals surface area contributed by atoms with Crippen molar-refractivity contribution in [1.29, 1.82) is 0 Å². The van der Waals surface area contributed by atoms with Crippen LogP contribution in [0.4, 0.5) is 0 Å². The molecular formula is C19H20BrNO5S2. The highest BCUT2D eigenvalue weighted by atomic mass is 79.9. The summed E-state index contributed by atoms with van der Waals surface area (Å²) in [5.74, 6) is -2.02. The van der Waals surface area contributed by atoms with Crippen LogP contribution in [0.3, 0.4) is 0 Å². The van der Waals surface area contributed by atoms with E-state index < -0.39 is 16.7 Å². The first-order chi connectivity index (χ1) is 13.1. The van der Waals surface area contributed by atoms with Gasteiger partial charge in [-0.05, 0) is 69.6 Å². The third kappa shape index (κ3) is 3.79. The SMILES string of the molecule is CC(C)C(C(=O)O)N1C(=O)/C(=C/C2=C(Br)c3cc(O)c(O)cc3CC2)SC1S. The number of carbonyl (C=O) groups excluding carboxylic acids is 1. The van der Waals surface area contributed by atoms with Gasteiger partial charge < -0.3 is 20.2 Å². The Balaban J connectivity index is 1.97. The first kappa shape index (κ1) is 21.1. The van der Waals surface area contributed by atoms with Crippen LogP contribution >= 0.6 is 40.3 Å². The maximum atomic E-state index is 12.9. The van der Waals surface area contributed by atoms with Gasteiger partial charge in [0.2, 0.25) is 0 Å². The van der Waals surface area contributed by atoms with Gasteiger partial charge in [0.15, 0.2) is 11.5 Å². The number of phenols is 2. The van der Waals surface area contributed by atoms with E-state index in [1.54, 1.807) is 19.9 Å². The molecule has 2 aliphatic rings. The molecule has 2 unspecified atom stereocenters. The molecule has 0 aromatic heterocycles. The van der Waals surface area contributed by atoms with E-state index in [0.717, 1.165) is 21.2 Å². The van der Waals surface area contributed by atoms with Crippen molar-refractivity contribution in [2.45, 2.75) is 37.4 Å². The van der Waals surface area contributed by atoms with Crippen LogP contribution in [0.25, 0.3) is 4.48 Å². The molecule has 3 N–H and O–H groups in total. The minimum Gasteiger partial charge on any atom is -0.504 e. The molecule has 1 heterocycles. The summed E-state index contributed by atoms with van der Waals surface area (Å²) in [6, 6.07) is 2.08. The fourth-order valence-corrected chi connectivity index (χ4v) is 5.67. The summed E-state index contributed by atoms with van der Waals surface area (Å²) in [4.78, 5) is 26.3. The van der Waals surface area contributed by atoms with Crippen LogP contribution in [0, 0.1) is 5.92 Å². The van der Waals surface area contributed by atoms with Crippen LogP contribution < -0.4 is 0 Å². The van der Waals surface area contributed by atoms with E-state index in [-0.39, 0.29) is 23.3 Å². The molecule has 0 spiro atoms. The zero-order valence-electron chi connectivity index (χ0n) is 15.2. The summed E-state index contributed by atoms with van der Waals surface area (Å²) >= 11 is 9.18. The standard InChI is InChI=1S/C19H20BrNO5S2/c1-8(2)16(18(25)26)21-17(24)14(28-19(21)27)6-10-4-3-9-5-12(22)13(23)7-11(9)15(10)20/h5-8,16,19,22-23,27H,3-4H2,1-2H3,(H,25,26)/b14-6-. The molecule has 0 saturated carbocycles. The third-order valence-electron chi connectivity index (χ3n) is 4.79. The Hall–Kier alpha value is -1.58. The van der Waals surface area contributed by atoms with Crippen LogP contribution in [0.15, 0.2) is 28.7 Å². The Labute approximate surface area is 180 Å². The van der Waals surface area contributed by atoms with Gasteiger partial charge >= 0.3 is 5.97 Å². The Morgan fingerprint density at radius 2 is 1.96 bits per heavy atom. The van der Waals surface area contributed by atoms with Crippen LogP contribution in [0.2, 0.25) is 0 Å². The summed E-state index contributed by atoms with van der Waals surface area (Å²) < 4.78 is 0.163. The number of benzene rings is 1. The average molecular weight is 486 g/mol. The molecule has 1 aliphatic heterocycles. The second-order valence-corrected chi connectivity index (χ2v) is 9.78. The van der Waals surface area contributed by atoms with E-state index in [4.69, 9.17) is 0 Å². The van der Waals surface area contributed by atoms with Crippen molar-refractivity contribution in [1.82, 2.24) is 4.90 Å². The Bertz CT molecular complexity index is 912. The fourth-order valence-electron chi connectivity index (χ4n) is 3.41. The number of carbonyl (C=O) groups is 2. The molecule has 0 radical (unpaired) electrons. The van der Waals surface area contributed by atoms with Gasteiger partial charge in [0.05, 0.1) is 4.91 Å². The number of aryl methyl sites for hydroxylation is 1. The van der Waals surface area contributed by atoms with Crippen LogP contribution in [-0.4, -0.2) is 42.8 Å². The number of halogens is 1. The second kappa shape index (κ2) is 8.04. The van der Waals surface area contributed by atoms with Crippen molar-refractivity contribution >= 4 is 56.7 Å². The number of thioether (sulfide) groups is 1. The highest BCUT2D eigenvalue weighted by Gasteiger charge is 2.43. The molecule has 28 heavy (non-hydrogen) atoms. The normalized spacial score (nSPS) is 22.2. The van der Waals surface area contributed by atoms with Crippen LogP contribution in [-0.2, 0) is 16.0 Å². The lowest BCUT2D eigenvalue weighted by atomic mass is 9.91. The zero-order chi connectivity index (χ0) is 20.7. The number of hydrogen-bond acceptors (Lipinski definition) is 6. The molecule has 3 rings (SSSR count). The predicted molar refractivity (Wildman–Crippen MR) is 115 cm³/mol. The molecule has 1 aromatic carbocycles. The Kier molecular flexibility index (Phi) is 6.07. The Morgan fingerprint density at radius 1 is 1.32 bits per heavy atom. The first-order valence-electron chi connectivity index (χ1n) is 8.67. The lowest BCUT2D eigenvalue weighted by molar-refractivity contribution is -0.149. The van der Waals surface area contributed by atoms with Crippen molar-refractivity contribution < 1.29 is 24.9 Å². The highest BCUT2D eigenvalue weighted by molar-refractivity contribution is 9.15. The number of phenolic OH excluding ortho intramolecular Hbond substituents is 2. The van der Waals surface area contributed by atoms with E-state index >= 15 is 0 Å². The number of rotatable bonds is 4. The highest BCUT2D eigenvalue weighted by Crippen LogP contribution is 2.44. The molecular weight excluding hydrogens is 466 g/mol. The van der Waals surface area contributed by atoms with E-state index in [0.29, 0.717) is 17.7 Å². The third-order valence-corrected chi connectivity index (χ3v) is 7.27. The maximum absolute atomic E-state index is 12.9. The predicted octanol–water partition coefficient (Wildman–Crippen LogP) is 3.93. The summed E-state index contributed by atoms with van der Waals surface area (Å²) in [6.07, 6.45) is 3.04. The van der Waals surface area contributed by atoms with Crippen molar-refractivity contribution in [2.75, 3.05) is 0 Å². The fraction of sp³-hybridized carbons (Fsp3) is 0.368. The molecule has 1 amide bonds. The number of allylic oxidation sites excluding steroid dienone is 2. The lowest BCUT2D eigenvalue weighted by Crippen LogP contribution is -2.47. The number of aliphatic carboxylic acids is 1. The molecule has 1 aliphatic carbocycles. The molecule has 1 saturated heterocycles. The van der Waals surface area contributed by atoms with E-state index in [1.807, 2.05) is 0 Å². The topological polar surface area (TPSA) is 98.1 Å². The summed E-state index contributed by atoms with van der Waals surface area (Å²) in [7, 11) is 0. The summed E-state index contributed by atoms with van der Waals surface area (Å²) in [5, 5.41) is 29.0. The van der Waals surface area contributed by atoms with Crippen LogP contribution in [0.5, 0.6) is 11.5 Å². The molecule has 2 atom stereocenters. The molecule has 6 nitrogen and oxygen atoms in total. The number of carboxylic acids is 1. The number of amides is 1. The van der Waals surface area contributed by atoms with Gasteiger partial charge in [-0.15, -0.1) is 12.6 Å².